The van der Waals surface area contributed by atoms with E-state index in [1.54, 1.807) is 0 Å². The van der Waals surface area contributed by atoms with Gasteiger partial charge in [0.25, 0.3) is 0 Å². The van der Waals surface area contributed by atoms with Gasteiger partial charge in [-0.3, -0.25) is 0 Å². The zero-order valence-corrected chi connectivity index (χ0v) is 13.9. The summed E-state index contributed by atoms with van der Waals surface area (Å²) in [4.78, 5) is 2.39. The van der Waals surface area contributed by atoms with E-state index in [-0.39, 0.29) is 0 Å². The van der Waals surface area contributed by atoms with E-state index in [0.717, 1.165) is 41.5 Å². The number of allylic oxidation sites excluding steroid dienone is 1. The molecule has 0 radical (unpaired) electrons. The van der Waals surface area contributed by atoms with Crippen LogP contribution in [0.2, 0.25) is 0 Å². The Hall–Kier alpha value is -2.05. The molecule has 2 aromatic rings. The molecule has 0 N–H and O–H groups in total. The molecule has 110 valence electrons. The molecule has 0 unspecified atom stereocenters. The van der Waals surface area contributed by atoms with Gasteiger partial charge in [-0.2, -0.15) is 5.26 Å². The SMILES string of the molecule is N#CC(=C1CCN(c2ccccc2)CC1)c1ccc(Br)cc1. The van der Waals surface area contributed by atoms with Gasteiger partial charge in [-0.05, 0) is 48.2 Å². The van der Waals surface area contributed by atoms with Crippen molar-refractivity contribution in [2.75, 3.05) is 18.0 Å². The largest absolute Gasteiger partial charge is 0.371 e. The molecule has 0 aliphatic carbocycles. The van der Waals surface area contributed by atoms with Crippen LogP contribution in [-0.2, 0) is 0 Å². The topological polar surface area (TPSA) is 27.0 Å². The van der Waals surface area contributed by atoms with E-state index in [4.69, 9.17) is 0 Å². The number of anilines is 1. The van der Waals surface area contributed by atoms with Crippen LogP contribution in [0.3, 0.4) is 0 Å². The molecule has 0 saturated carbocycles. The number of hydrogen-bond donors (Lipinski definition) is 0. The van der Waals surface area contributed by atoms with Crippen LogP contribution in [-0.4, -0.2) is 13.1 Å². The van der Waals surface area contributed by atoms with E-state index in [2.05, 4.69) is 51.2 Å². The van der Waals surface area contributed by atoms with E-state index < -0.39 is 0 Å². The number of para-hydroxylation sites is 1. The molecule has 1 aliphatic rings. The summed E-state index contributed by atoms with van der Waals surface area (Å²) in [5.74, 6) is 0. The highest BCUT2D eigenvalue weighted by molar-refractivity contribution is 9.10. The van der Waals surface area contributed by atoms with Crippen LogP contribution in [0.1, 0.15) is 18.4 Å². The molecule has 1 heterocycles. The van der Waals surface area contributed by atoms with E-state index in [1.807, 2.05) is 30.3 Å². The number of rotatable bonds is 2. The predicted octanol–water partition coefficient (Wildman–Crippen LogP) is 5.03. The van der Waals surface area contributed by atoms with Crippen molar-refractivity contribution in [3.63, 3.8) is 0 Å². The molecule has 0 bridgehead atoms. The lowest BCUT2D eigenvalue weighted by Gasteiger charge is -2.31. The average molecular weight is 353 g/mol. The van der Waals surface area contributed by atoms with Gasteiger partial charge in [0.15, 0.2) is 0 Å². The Morgan fingerprint density at radius 3 is 2.18 bits per heavy atom. The number of hydrogen-bond acceptors (Lipinski definition) is 2. The maximum absolute atomic E-state index is 9.55. The summed E-state index contributed by atoms with van der Waals surface area (Å²) in [6, 6.07) is 20.9. The highest BCUT2D eigenvalue weighted by Gasteiger charge is 2.18. The fraction of sp³-hybridized carbons (Fsp3) is 0.211. The first-order valence-corrected chi connectivity index (χ1v) is 8.25. The normalized spacial score (nSPS) is 14.5. The standard InChI is InChI=1S/C19H17BrN2/c20-17-8-6-15(7-9-17)19(14-21)16-10-12-22(13-11-16)18-4-2-1-3-5-18/h1-9H,10-13H2. The lowest BCUT2D eigenvalue weighted by molar-refractivity contribution is 0.687. The molecule has 1 aliphatic heterocycles. The maximum Gasteiger partial charge on any atom is 0.0997 e. The van der Waals surface area contributed by atoms with E-state index in [9.17, 15) is 5.26 Å². The summed E-state index contributed by atoms with van der Waals surface area (Å²) in [5, 5.41) is 9.55. The Bertz CT molecular complexity index is 701. The van der Waals surface area contributed by atoms with Crippen LogP contribution in [0.4, 0.5) is 5.69 Å². The van der Waals surface area contributed by atoms with Gasteiger partial charge < -0.3 is 4.90 Å². The van der Waals surface area contributed by atoms with Crippen LogP contribution in [0.15, 0.2) is 64.6 Å². The number of nitrogens with zero attached hydrogens (tertiary/aromatic N) is 2. The molecule has 0 amide bonds. The van der Waals surface area contributed by atoms with Crippen LogP contribution in [0, 0.1) is 11.3 Å². The Morgan fingerprint density at radius 2 is 1.59 bits per heavy atom. The van der Waals surface area contributed by atoms with E-state index in [0.29, 0.717) is 0 Å². The Labute approximate surface area is 139 Å². The van der Waals surface area contributed by atoms with Crippen LogP contribution in [0.5, 0.6) is 0 Å². The Morgan fingerprint density at radius 1 is 0.955 bits per heavy atom. The van der Waals surface area contributed by atoms with Gasteiger partial charge in [0.1, 0.15) is 0 Å². The van der Waals surface area contributed by atoms with Crippen molar-refractivity contribution in [2.45, 2.75) is 12.8 Å². The molecular formula is C19H17BrN2. The smallest absolute Gasteiger partial charge is 0.0997 e. The molecule has 0 spiro atoms. The first-order chi connectivity index (χ1) is 10.8. The highest BCUT2D eigenvalue weighted by Crippen LogP contribution is 2.29. The lowest BCUT2D eigenvalue weighted by atomic mass is 9.93. The van der Waals surface area contributed by atoms with Gasteiger partial charge in [-0.25, -0.2) is 0 Å². The molecule has 1 fully saturated rings. The molecule has 2 aromatic carbocycles. The molecule has 0 aromatic heterocycles. The van der Waals surface area contributed by atoms with Crippen molar-refractivity contribution in [2.24, 2.45) is 0 Å². The molecule has 3 heteroatoms. The van der Waals surface area contributed by atoms with Crippen LogP contribution in [0.25, 0.3) is 5.57 Å². The first kappa shape index (κ1) is 14.9. The summed E-state index contributed by atoms with van der Waals surface area (Å²) in [6.07, 6.45) is 1.90. The predicted molar refractivity (Wildman–Crippen MR) is 94.6 cm³/mol. The highest BCUT2D eigenvalue weighted by atomic mass is 79.9. The summed E-state index contributed by atoms with van der Waals surface area (Å²) >= 11 is 3.44. The molecule has 2 nitrogen and oxygen atoms in total. The Kier molecular flexibility index (Phi) is 4.60. The second-order valence-corrected chi connectivity index (χ2v) is 6.34. The molecule has 0 atom stereocenters. The van der Waals surface area contributed by atoms with Gasteiger partial charge in [-0.1, -0.05) is 46.3 Å². The number of halogens is 1. The van der Waals surface area contributed by atoms with Crippen molar-refractivity contribution in [1.29, 1.82) is 5.26 Å². The van der Waals surface area contributed by atoms with Gasteiger partial charge in [-0.15, -0.1) is 0 Å². The average Bonchev–Trinajstić information content (AvgIpc) is 2.59. The molecule has 22 heavy (non-hydrogen) atoms. The summed E-state index contributed by atoms with van der Waals surface area (Å²) in [7, 11) is 0. The van der Waals surface area contributed by atoms with Gasteiger partial charge in [0, 0.05) is 23.2 Å². The third-order valence-electron chi connectivity index (χ3n) is 4.09. The van der Waals surface area contributed by atoms with E-state index >= 15 is 0 Å². The van der Waals surface area contributed by atoms with Crippen molar-refractivity contribution in [3.8, 4) is 6.07 Å². The summed E-state index contributed by atoms with van der Waals surface area (Å²) < 4.78 is 1.04. The molecular weight excluding hydrogens is 336 g/mol. The van der Waals surface area contributed by atoms with Crippen molar-refractivity contribution in [1.82, 2.24) is 0 Å². The summed E-state index contributed by atoms with van der Waals surface area (Å²) in [5.41, 5.74) is 4.41. The summed E-state index contributed by atoms with van der Waals surface area (Å²) in [6.45, 7) is 1.95. The Balaban J connectivity index is 1.79. The fourth-order valence-electron chi connectivity index (χ4n) is 2.89. The van der Waals surface area contributed by atoms with Gasteiger partial charge >= 0.3 is 0 Å². The second kappa shape index (κ2) is 6.81. The van der Waals surface area contributed by atoms with Crippen molar-refractivity contribution in [3.05, 3.63) is 70.2 Å². The van der Waals surface area contributed by atoms with E-state index in [1.165, 1.54) is 11.3 Å². The minimum absolute atomic E-state index is 0.847. The monoisotopic (exact) mass is 352 g/mol. The van der Waals surface area contributed by atoms with Crippen LogP contribution < -0.4 is 4.90 Å². The third kappa shape index (κ3) is 3.23. The fourth-order valence-corrected chi connectivity index (χ4v) is 3.15. The molecule has 3 rings (SSSR count). The minimum atomic E-state index is 0.847. The quantitative estimate of drug-likeness (QED) is 0.709. The lowest BCUT2D eigenvalue weighted by Crippen LogP contribution is -2.30. The van der Waals surface area contributed by atoms with Crippen molar-refractivity contribution >= 4 is 27.2 Å². The maximum atomic E-state index is 9.55. The van der Waals surface area contributed by atoms with Crippen molar-refractivity contribution < 1.29 is 0 Å². The zero-order valence-electron chi connectivity index (χ0n) is 12.3. The number of nitriles is 1. The number of benzene rings is 2. The minimum Gasteiger partial charge on any atom is -0.371 e. The third-order valence-corrected chi connectivity index (χ3v) is 4.62. The van der Waals surface area contributed by atoms with Gasteiger partial charge in [0.05, 0.1) is 11.6 Å². The second-order valence-electron chi connectivity index (χ2n) is 5.42. The first-order valence-electron chi connectivity index (χ1n) is 7.46. The zero-order chi connectivity index (χ0) is 15.4. The van der Waals surface area contributed by atoms with Gasteiger partial charge in [0.2, 0.25) is 0 Å². The molecule has 1 saturated heterocycles. The number of piperidine rings is 1. The van der Waals surface area contributed by atoms with Crippen LogP contribution >= 0.6 is 15.9 Å².